The van der Waals surface area contributed by atoms with E-state index in [1.165, 1.54) is 0 Å². The summed E-state index contributed by atoms with van der Waals surface area (Å²) in [6.07, 6.45) is 0.757. The van der Waals surface area contributed by atoms with Crippen molar-refractivity contribution in [3.8, 4) is 0 Å². The molecule has 4 nitrogen and oxygen atoms in total. The first-order valence-corrected chi connectivity index (χ1v) is 6.43. The molecule has 1 aliphatic heterocycles. The minimum atomic E-state index is -0.215. The maximum atomic E-state index is 9.51. The summed E-state index contributed by atoms with van der Waals surface area (Å²) in [5, 5.41) is 13.0. The van der Waals surface area contributed by atoms with E-state index >= 15 is 0 Å². The molecule has 0 saturated heterocycles. The second-order valence-electron chi connectivity index (χ2n) is 5.69. The first-order chi connectivity index (χ1) is 9.01. The van der Waals surface area contributed by atoms with Crippen LogP contribution in [0, 0.1) is 12.0 Å². The highest BCUT2D eigenvalue weighted by Crippen LogP contribution is 2.41. The maximum absolute atomic E-state index is 9.51. The third-order valence-corrected chi connectivity index (χ3v) is 3.93. The number of nitrogens with zero attached hydrogens (tertiary/aromatic N) is 1. The third-order valence-electron chi connectivity index (χ3n) is 3.93. The second-order valence-corrected chi connectivity index (χ2v) is 5.69. The molecule has 0 amide bonds. The van der Waals surface area contributed by atoms with Crippen LogP contribution in [-0.2, 0) is 4.74 Å². The van der Waals surface area contributed by atoms with Gasteiger partial charge in [0.2, 0.25) is 0 Å². The van der Waals surface area contributed by atoms with Gasteiger partial charge in [0.1, 0.15) is 0 Å². The number of methoxy groups -OCH3 is 1. The van der Waals surface area contributed by atoms with Crippen LogP contribution in [-0.4, -0.2) is 24.9 Å². The van der Waals surface area contributed by atoms with Crippen molar-refractivity contribution in [1.29, 1.82) is 0 Å². The van der Waals surface area contributed by atoms with Gasteiger partial charge in [0.05, 0.1) is 19.3 Å². The lowest BCUT2D eigenvalue weighted by Gasteiger charge is -2.40. The molecule has 0 aromatic heterocycles. The molecule has 0 fully saturated rings. The number of nitrogens with one attached hydrogen (secondary N) is 1. The number of aliphatic hydroxyl groups is 1. The topological polar surface area (TPSA) is 45.9 Å². The molecule has 1 heterocycles. The predicted molar refractivity (Wildman–Crippen MR) is 75.3 cm³/mol. The number of hydrogen-bond donors (Lipinski definition) is 2. The Hall–Kier alpha value is -1.57. The number of hydrogen-bond acceptors (Lipinski definition) is 3. The van der Waals surface area contributed by atoms with E-state index in [4.69, 9.17) is 11.3 Å². The summed E-state index contributed by atoms with van der Waals surface area (Å²) < 4.78 is 5.56. The van der Waals surface area contributed by atoms with E-state index in [1.54, 1.807) is 13.2 Å². The van der Waals surface area contributed by atoms with Crippen molar-refractivity contribution in [2.75, 3.05) is 19.0 Å². The molecule has 0 bridgehead atoms. The molecule has 2 N–H and O–H groups in total. The number of ether oxygens (including phenoxy) is 1. The highest BCUT2D eigenvalue weighted by Gasteiger charge is 2.36. The van der Waals surface area contributed by atoms with Gasteiger partial charge in [-0.25, -0.2) is 4.85 Å². The Morgan fingerprint density at radius 2 is 2.26 bits per heavy atom. The summed E-state index contributed by atoms with van der Waals surface area (Å²) in [6.45, 7) is 11.3. The zero-order chi connectivity index (χ0) is 14.0. The molecular weight excluding hydrogens is 240 g/mol. The smallest absolute Gasteiger partial charge is 0.187 e. The summed E-state index contributed by atoms with van der Waals surface area (Å²) in [7, 11) is 1.69. The molecule has 19 heavy (non-hydrogen) atoms. The Balaban J connectivity index is 2.37. The average Bonchev–Trinajstić information content (AvgIpc) is 2.45. The number of benzene rings is 1. The van der Waals surface area contributed by atoms with Crippen molar-refractivity contribution in [3.63, 3.8) is 0 Å². The molecule has 1 aromatic carbocycles. The number of rotatable bonds is 3. The van der Waals surface area contributed by atoms with Crippen LogP contribution in [0.25, 0.3) is 4.85 Å². The van der Waals surface area contributed by atoms with Gasteiger partial charge in [-0.3, -0.25) is 0 Å². The minimum absolute atomic E-state index is 0.0335. The van der Waals surface area contributed by atoms with Crippen molar-refractivity contribution in [2.45, 2.75) is 32.4 Å². The van der Waals surface area contributed by atoms with Gasteiger partial charge in [0.25, 0.3) is 0 Å². The zero-order valence-electron chi connectivity index (χ0n) is 11.6. The van der Waals surface area contributed by atoms with E-state index in [0.717, 1.165) is 17.7 Å². The van der Waals surface area contributed by atoms with Crippen LogP contribution in [0.3, 0.4) is 0 Å². The maximum Gasteiger partial charge on any atom is 0.187 e. The van der Waals surface area contributed by atoms with Gasteiger partial charge in [-0.15, -0.1) is 0 Å². The minimum Gasteiger partial charge on any atom is -0.396 e. The van der Waals surface area contributed by atoms with E-state index in [0.29, 0.717) is 5.69 Å². The lowest BCUT2D eigenvalue weighted by atomic mass is 9.78. The van der Waals surface area contributed by atoms with Crippen LogP contribution >= 0.6 is 0 Å². The fourth-order valence-corrected chi connectivity index (χ4v) is 2.45. The van der Waals surface area contributed by atoms with E-state index in [-0.39, 0.29) is 24.2 Å². The van der Waals surface area contributed by atoms with Crippen molar-refractivity contribution in [1.82, 2.24) is 0 Å². The lowest BCUT2D eigenvalue weighted by Crippen LogP contribution is -2.42. The Labute approximate surface area is 114 Å². The molecule has 0 aliphatic carbocycles. The molecule has 0 saturated carbocycles. The van der Waals surface area contributed by atoms with Gasteiger partial charge >= 0.3 is 0 Å². The first kappa shape index (κ1) is 13.9. The van der Waals surface area contributed by atoms with Gasteiger partial charge < -0.3 is 15.2 Å². The highest BCUT2D eigenvalue weighted by molar-refractivity contribution is 5.63. The molecular formula is C15H20N2O2. The molecule has 0 spiro atoms. The van der Waals surface area contributed by atoms with Crippen LogP contribution in [0.5, 0.6) is 0 Å². The van der Waals surface area contributed by atoms with Crippen LogP contribution < -0.4 is 5.32 Å². The fourth-order valence-electron chi connectivity index (χ4n) is 2.45. The Morgan fingerprint density at radius 1 is 1.53 bits per heavy atom. The molecule has 4 heteroatoms. The Kier molecular flexibility index (Phi) is 3.79. The van der Waals surface area contributed by atoms with Gasteiger partial charge in [-0.1, -0.05) is 19.9 Å². The molecule has 2 rings (SSSR count). The van der Waals surface area contributed by atoms with E-state index < -0.39 is 0 Å². The van der Waals surface area contributed by atoms with Crippen LogP contribution in [0.1, 0.15) is 31.9 Å². The van der Waals surface area contributed by atoms with Gasteiger partial charge in [-0.05, 0) is 24.1 Å². The highest BCUT2D eigenvalue weighted by atomic mass is 16.5. The second kappa shape index (κ2) is 5.20. The third kappa shape index (κ3) is 2.58. The van der Waals surface area contributed by atoms with Crippen molar-refractivity contribution < 1.29 is 9.84 Å². The number of anilines is 1. The average molecular weight is 260 g/mol. The molecule has 2 unspecified atom stereocenters. The van der Waals surface area contributed by atoms with Gasteiger partial charge in [-0.2, -0.15) is 0 Å². The van der Waals surface area contributed by atoms with Gasteiger partial charge in [0, 0.05) is 24.3 Å². The summed E-state index contributed by atoms with van der Waals surface area (Å²) >= 11 is 0. The SMILES string of the molecule is [C-]#[N+]c1ccc2c(c1)C(OC)CC(C(C)(C)CO)N2. The lowest BCUT2D eigenvalue weighted by molar-refractivity contribution is 0.0571. The summed E-state index contributed by atoms with van der Waals surface area (Å²) in [5.74, 6) is 0. The summed E-state index contributed by atoms with van der Waals surface area (Å²) in [4.78, 5) is 3.46. The van der Waals surface area contributed by atoms with E-state index in [2.05, 4.69) is 10.2 Å². The number of fused-ring (bicyclic) bond motifs is 1. The van der Waals surface area contributed by atoms with Crippen LogP contribution in [0.15, 0.2) is 18.2 Å². The molecule has 102 valence electrons. The Bertz CT molecular complexity index is 505. The standard InChI is InChI=1S/C15H20N2O2/c1-15(2,9-18)14-8-13(19-4)11-7-10(16-3)5-6-12(11)17-14/h5-7,13-14,17-18H,8-9H2,1-2,4H3. The van der Waals surface area contributed by atoms with Crippen molar-refractivity contribution in [3.05, 3.63) is 35.2 Å². The first-order valence-electron chi connectivity index (χ1n) is 6.43. The fraction of sp³-hybridized carbons (Fsp3) is 0.533. The molecule has 1 aliphatic rings. The normalized spacial score (nSPS) is 22.3. The summed E-state index contributed by atoms with van der Waals surface area (Å²) in [6, 6.07) is 5.76. The monoisotopic (exact) mass is 260 g/mol. The summed E-state index contributed by atoms with van der Waals surface area (Å²) in [5.41, 5.74) is 2.44. The quantitative estimate of drug-likeness (QED) is 0.821. The number of aliphatic hydroxyl groups excluding tert-OH is 1. The molecule has 1 aromatic rings. The largest absolute Gasteiger partial charge is 0.396 e. The van der Waals surface area contributed by atoms with E-state index in [1.807, 2.05) is 26.0 Å². The van der Waals surface area contributed by atoms with Crippen molar-refractivity contribution >= 4 is 11.4 Å². The van der Waals surface area contributed by atoms with Gasteiger partial charge in [0.15, 0.2) is 5.69 Å². The molecule has 2 atom stereocenters. The Morgan fingerprint density at radius 3 is 2.84 bits per heavy atom. The molecule has 0 radical (unpaired) electrons. The predicted octanol–water partition coefficient (Wildman–Crippen LogP) is 3.13. The van der Waals surface area contributed by atoms with Crippen LogP contribution in [0.2, 0.25) is 0 Å². The van der Waals surface area contributed by atoms with E-state index in [9.17, 15) is 5.11 Å². The van der Waals surface area contributed by atoms with Crippen LogP contribution in [0.4, 0.5) is 11.4 Å². The zero-order valence-corrected chi connectivity index (χ0v) is 11.6. The van der Waals surface area contributed by atoms with Crippen molar-refractivity contribution in [2.24, 2.45) is 5.41 Å².